The standard InChI is InChI=1S/C27H25F3N2O5/c28-27(29,30)37-23-7-3-5-19-24(23)32(14-16-8-10-18(11-9-16)26(31)36)15-20(25(19)35)22(34)13-12-17-4-1-2-6-21(17)33/h3,5,7-13,15,17,21,33H,1-2,4,6,14H2,(H2,31,36)/b13-12+/t17-,21+/m1/s1. The Morgan fingerprint density at radius 3 is 2.46 bits per heavy atom. The zero-order valence-electron chi connectivity index (χ0n) is 19.7. The number of amides is 1. The summed E-state index contributed by atoms with van der Waals surface area (Å²) in [5, 5.41) is 10.1. The van der Waals surface area contributed by atoms with Crippen molar-refractivity contribution in [3.8, 4) is 5.75 Å². The van der Waals surface area contributed by atoms with Crippen molar-refractivity contribution in [2.24, 2.45) is 11.7 Å². The minimum Gasteiger partial charge on any atom is -0.404 e. The maximum absolute atomic E-state index is 13.2. The van der Waals surface area contributed by atoms with E-state index >= 15 is 0 Å². The number of nitrogens with two attached hydrogens (primary N) is 1. The fraction of sp³-hybridized carbons (Fsp3) is 0.296. The predicted molar refractivity (Wildman–Crippen MR) is 130 cm³/mol. The Hall–Kier alpha value is -3.92. The number of alkyl halides is 3. The number of aromatic nitrogens is 1. The van der Waals surface area contributed by atoms with Crippen molar-refractivity contribution in [1.82, 2.24) is 4.57 Å². The molecule has 1 fully saturated rings. The number of aliphatic hydroxyl groups excluding tert-OH is 1. The number of para-hydroxylation sites is 1. The minimum absolute atomic E-state index is 0.0284. The van der Waals surface area contributed by atoms with Crippen LogP contribution in [0.25, 0.3) is 10.9 Å². The lowest BCUT2D eigenvalue weighted by Gasteiger charge is -2.24. The lowest BCUT2D eigenvalue weighted by molar-refractivity contribution is -0.274. The van der Waals surface area contributed by atoms with Gasteiger partial charge in [0.25, 0.3) is 0 Å². The van der Waals surface area contributed by atoms with Crippen LogP contribution in [0.1, 0.15) is 52.0 Å². The number of carbonyl (C=O) groups excluding carboxylic acids is 2. The van der Waals surface area contributed by atoms with Crippen molar-refractivity contribution in [1.29, 1.82) is 0 Å². The monoisotopic (exact) mass is 514 g/mol. The third kappa shape index (κ3) is 6.08. The number of ketones is 1. The van der Waals surface area contributed by atoms with E-state index in [0.29, 0.717) is 18.4 Å². The highest BCUT2D eigenvalue weighted by Crippen LogP contribution is 2.31. The van der Waals surface area contributed by atoms with Crippen LogP contribution in [0, 0.1) is 5.92 Å². The first kappa shape index (κ1) is 26.2. The van der Waals surface area contributed by atoms with Crippen LogP contribution in [-0.2, 0) is 6.54 Å². The summed E-state index contributed by atoms with van der Waals surface area (Å²) in [5.41, 5.74) is 5.00. The summed E-state index contributed by atoms with van der Waals surface area (Å²) in [6.45, 7) is -0.0284. The lowest BCUT2D eigenvalue weighted by Crippen LogP contribution is -2.23. The molecule has 7 nitrogen and oxygen atoms in total. The third-order valence-corrected chi connectivity index (χ3v) is 6.42. The summed E-state index contributed by atoms with van der Waals surface area (Å²) in [6.07, 6.45) is 1.62. The molecule has 0 saturated heterocycles. The van der Waals surface area contributed by atoms with Crippen LogP contribution < -0.4 is 15.9 Å². The molecule has 1 heterocycles. The van der Waals surface area contributed by atoms with Gasteiger partial charge in [-0.1, -0.05) is 37.1 Å². The van der Waals surface area contributed by atoms with Gasteiger partial charge in [-0.05, 0) is 48.7 Å². The van der Waals surface area contributed by atoms with Gasteiger partial charge in [0.15, 0.2) is 11.5 Å². The Kier molecular flexibility index (Phi) is 7.49. The van der Waals surface area contributed by atoms with E-state index in [4.69, 9.17) is 5.73 Å². The van der Waals surface area contributed by atoms with Gasteiger partial charge in [0.05, 0.1) is 22.6 Å². The average molecular weight is 515 g/mol. The first-order valence-corrected chi connectivity index (χ1v) is 11.7. The first-order chi connectivity index (χ1) is 17.5. The number of rotatable bonds is 7. The topological polar surface area (TPSA) is 112 Å². The van der Waals surface area contributed by atoms with Crippen molar-refractivity contribution in [3.05, 3.63) is 87.7 Å². The maximum Gasteiger partial charge on any atom is 0.573 e. The first-order valence-electron chi connectivity index (χ1n) is 11.7. The van der Waals surface area contributed by atoms with Crippen molar-refractivity contribution < 1.29 is 32.6 Å². The Balaban J connectivity index is 1.80. The molecule has 1 saturated carbocycles. The summed E-state index contributed by atoms with van der Waals surface area (Å²) in [7, 11) is 0. The Morgan fingerprint density at radius 1 is 1.11 bits per heavy atom. The molecule has 3 aromatic rings. The number of halogens is 3. The molecular weight excluding hydrogens is 489 g/mol. The Morgan fingerprint density at radius 2 is 1.81 bits per heavy atom. The molecule has 3 N–H and O–H groups in total. The number of benzene rings is 2. The molecule has 0 aliphatic heterocycles. The normalized spacial score (nSPS) is 18.3. The van der Waals surface area contributed by atoms with Crippen LogP contribution in [0.3, 0.4) is 0 Å². The highest BCUT2D eigenvalue weighted by Gasteiger charge is 2.32. The largest absolute Gasteiger partial charge is 0.573 e. The number of carbonyl (C=O) groups is 2. The number of allylic oxidation sites excluding steroid dienone is 1. The number of primary amides is 1. The van der Waals surface area contributed by atoms with Crippen LogP contribution in [-0.4, -0.2) is 33.8 Å². The van der Waals surface area contributed by atoms with Crippen LogP contribution in [0.15, 0.2) is 65.6 Å². The summed E-state index contributed by atoms with van der Waals surface area (Å²) in [6, 6.07) is 9.76. The highest BCUT2D eigenvalue weighted by molar-refractivity contribution is 6.06. The van der Waals surface area contributed by atoms with Crippen LogP contribution in [0.4, 0.5) is 13.2 Å². The molecule has 1 amide bonds. The molecular formula is C27H25F3N2O5. The number of ether oxygens (including phenoxy) is 1. The van der Waals surface area contributed by atoms with Gasteiger partial charge in [-0.3, -0.25) is 14.4 Å². The van der Waals surface area contributed by atoms with E-state index in [1.165, 1.54) is 41.1 Å². The van der Waals surface area contributed by atoms with E-state index in [1.54, 1.807) is 18.2 Å². The van der Waals surface area contributed by atoms with E-state index in [-0.39, 0.29) is 34.5 Å². The summed E-state index contributed by atoms with van der Waals surface area (Å²) in [4.78, 5) is 37.6. The number of hydrogen-bond donors (Lipinski definition) is 2. The van der Waals surface area contributed by atoms with Gasteiger partial charge in [0, 0.05) is 24.2 Å². The highest BCUT2D eigenvalue weighted by atomic mass is 19.4. The quantitative estimate of drug-likeness (QED) is 0.360. The third-order valence-electron chi connectivity index (χ3n) is 6.42. The van der Waals surface area contributed by atoms with Gasteiger partial charge in [-0.25, -0.2) is 0 Å². The molecule has 2 atom stereocenters. The van der Waals surface area contributed by atoms with Crippen LogP contribution >= 0.6 is 0 Å². The summed E-state index contributed by atoms with van der Waals surface area (Å²) in [5.74, 6) is -2.06. The zero-order chi connectivity index (χ0) is 26.7. The molecule has 37 heavy (non-hydrogen) atoms. The predicted octanol–water partition coefficient (Wildman–Crippen LogP) is 4.34. The van der Waals surface area contributed by atoms with E-state index in [9.17, 15) is 32.7 Å². The van der Waals surface area contributed by atoms with Gasteiger partial charge >= 0.3 is 6.36 Å². The number of nitrogens with zero attached hydrogens (tertiary/aromatic N) is 1. The van der Waals surface area contributed by atoms with E-state index in [2.05, 4.69) is 4.74 Å². The molecule has 4 rings (SSSR count). The smallest absolute Gasteiger partial charge is 0.404 e. The van der Waals surface area contributed by atoms with E-state index < -0.39 is 35.3 Å². The summed E-state index contributed by atoms with van der Waals surface area (Å²) < 4.78 is 44.9. The summed E-state index contributed by atoms with van der Waals surface area (Å²) >= 11 is 0. The molecule has 2 aromatic carbocycles. The lowest BCUT2D eigenvalue weighted by atomic mass is 9.86. The fourth-order valence-electron chi connectivity index (χ4n) is 4.57. The van der Waals surface area contributed by atoms with Gasteiger partial charge < -0.3 is 20.1 Å². The van der Waals surface area contributed by atoms with Crippen LogP contribution in [0.2, 0.25) is 0 Å². The SMILES string of the molecule is NC(=O)c1ccc(Cn2cc(C(=O)/C=C/[C@H]3CCCC[C@@H]3O)c(=O)c3cccc(OC(F)(F)F)c32)cc1. The number of hydrogen-bond acceptors (Lipinski definition) is 5. The van der Waals surface area contributed by atoms with Crippen molar-refractivity contribution in [2.75, 3.05) is 0 Å². The van der Waals surface area contributed by atoms with Gasteiger partial charge in [-0.2, -0.15) is 0 Å². The number of pyridine rings is 1. The van der Waals surface area contributed by atoms with Crippen molar-refractivity contribution >= 4 is 22.6 Å². The zero-order valence-corrected chi connectivity index (χ0v) is 19.7. The van der Waals surface area contributed by atoms with Gasteiger partial charge in [0.1, 0.15) is 0 Å². The van der Waals surface area contributed by atoms with Crippen LogP contribution in [0.5, 0.6) is 5.75 Å². The molecule has 0 unspecified atom stereocenters. The average Bonchev–Trinajstić information content (AvgIpc) is 2.84. The molecule has 194 valence electrons. The molecule has 1 aromatic heterocycles. The second-order valence-corrected chi connectivity index (χ2v) is 9.00. The number of aliphatic hydroxyl groups is 1. The fourth-order valence-corrected chi connectivity index (χ4v) is 4.57. The Labute approximate surface area is 210 Å². The van der Waals surface area contributed by atoms with E-state index in [1.807, 2.05) is 0 Å². The molecule has 1 aliphatic rings. The van der Waals surface area contributed by atoms with Crippen molar-refractivity contribution in [3.63, 3.8) is 0 Å². The second kappa shape index (κ2) is 10.6. The maximum atomic E-state index is 13.2. The molecule has 1 aliphatic carbocycles. The van der Waals surface area contributed by atoms with E-state index in [0.717, 1.165) is 18.9 Å². The van der Waals surface area contributed by atoms with Gasteiger partial charge in [-0.15, -0.1) is 13.2 Å². The Bertz CT molecular complexity index is 1410. The molecule has 0 bridgehead atoms. The molecule has 0 spiro atoms. The number of fused-ring (bicyclic) bond motifs is 1. The minimum atomic E-state index is -5.00. The van der Waals surface area contributed by atoms with Gasteiger partial charge in [0.2, 0.25) is 11.3 Å². The van der Waals surface area contributed by atoms with Crippen molar-refractivity contribution in [2.45, 2.75) is 44.7 Å². The second-order valence-electron chi connectivity index (χ2n) is 9.00. The molecule has 0 radical (unpaired) electrons. The molecule has 10 heteroatoms.